The van der Waals surface area contributed by atoms with Gasteiger partial charge < -0.3 is 0 Å². The van der Waals surface area contributed by atoms with E-state index in [0.29, 0.717) is 5.41 Å². The van der Waals surface area contributed by atoms with Gasteiger partial charge in [0.1, 0.15) is 0 Å². The van der Waals surface area contributed by atoms with Crippen molar-refractivity contribution in [2.75, 3.05) is 0 Å². The Morgan fingerprint density at radius 1 is 1.30 bits per heavy atom. The predicted molar refractivity (Wildman–Crippen MR) is 46.0 cm³/mol. The second-order valence-electron chi connectivity index (χ2n) is 4.17. The number of hydrogen-bond acceptors (Lipinski definition) is 0. The molecule has 0 aliphatic heterocycles. The van der Waals surface area contributed by atoms with Crippen molar-refractivity contribution in [2.24, 2.45) is 11.3 Å². The van der Waals surface area contributed by atoms with Gasteiger partial charge >= 0.3 is 0 Å². The van der Waals surface area contributed by atoms with Crippen molar-refractivity contribution < 1.29 is 0 Å². The van der Waals surface area contributed by atoms with E-state index >= 15 is 0 Å². The van der Waals surface area contributed by atoms with E-state index in [1.54, 1.807) is 0 Å². The van der Waals surface area contributed by atoms with Gasteiger partial charge in [0, 0.05) is 0 Å². The zero-order valence-corrected chi connectivity index (χ0v) is 7.61. The Kier molecular flexibility index (Phi) is 2.38. The van der Waals surface area contributed by atoms with E-state index in [4.69, 9.17) is 0 Å². The van der Waals surface area contributed by atoms with Crippen LogP contribution in [0.2, 0.25) is 0 Å². The highest BCUT2D eigenvalue weighted by Crippen LogP contribution is 2.44. The van der Waals surface area contributed by atoms with Gasteiger partial charge in [-0.3, -0.25) is 0 Å². The first-order chi connectivity index (χ1) is 4.69. The van der Waals surface area contributed by atoms with Crippen molar-refractivity contribution >= 4 is 0 Å². The zero-order chi connectivity index (χ0) is 7.61. The van der Waals surface area contributed by atoms with E-state index in [9.17, 15) is 0 Å². The lowest BCUT2D eigenvalue weighted by Gasteiger charge is -2.30. The normalized spacial score (nSPS) is 26.7. The fourth-order valence-corrected chi connectivity index (χ4v) is 2.17. The van der Waals surface area contributed by atoms with E-state index in [2.05, 4.69) is 20.8 Å². The molecule has 0 nitrogen and oxygen atoms in total. The molecule has 0 aromatic rings. The summed E-state index contributed by atoms with van der Waals surface area (Å²) in [6.45, 7) is 7.19. The van der Waals surface area contributed by atoms with E-state index in [1.807, 2.05) is 0 Å². The molecule has 1 aliphatic rings. The molecule has 60 valence electrons. The summed E-state index contributed by atoms with van der Waals surface area (Å²) in [5.74, 6) is 0.940. The molecule has 1 rings (SSSR count). The standard InChI is InChI=1S/C10H20/c1-4-9(2)10(3)7-5-6-8-10/h9H,4-8H2,1-3H3/t9-/m0/s1. The summed E-state index contributed by atoms with van der Waals surface area (Å²) in [5, 5.41) is 0. The maximum absolute atomic E-state index is 2.47. The Morgan fingerprint density at radius 3 is 2.20 bits per heavy atom. The third-order valence-electron chi connectivity index (χ3n) is 3.55. The van der Waals surface area contributed by atoms with Crippen molar-refractivity contribution in [3.63, 3.8) is 0 Å². The van der Waals surface area contributed by atoms with Crippen molar-refractivity contribution in [1.29, 1.82) is 0 Å². The molecule has 0 spiro atoms. The lowest BCUT2D eigenvalue weighted by molar-refractivity contribution is 0.204. The minimum Gasteiger partial charge on any atom is -0.0651 e. The van der Waals surface area contributed by atoms with Crippen LogP contribution in [-0.4, -0.2) is 0 Å². The molecule has 0 heterocycles. The van der Waals surface area contributed by atoms with Crippen molar-refractivity contribution in [2.45, 2.75) is 52.9 Å². The van der Waals surface area contributed by atoms with Crippen LogP contribution < -0.4 is 0 Å². The minimum atomic E-state index is 0.703. The third-order valence-corrected chi connectivity index (χ3v) is 3.55. The van der Waals surface area contributed by atoms with Gasteiger partial charge in [0.25, 0.3) is 0 Å². The molecule has 1 fully saturated rings. The van der Waals surface area contributed by atoms with E-state index in [-0.39, 0.29) is 0 Å². The summed E-state index contributed by atoms with van der Waals surface area (Å²) < 4.78 is 0. The predicted octanol–water partition coefficient (Wildman–Crippen LogP) is 3.61. The Balaban J connectivity index is 2.49. The highest BCUT2D eigenvalue weighted by atomic mass is 14.4. The van der Waals surface area contributed by atoms with Crippen molar-refractivity contribution in [3.8, 4) is 0 Å². The minimum absolute atomic E-state index is 0.703. The average Bonchev–Trinajstić information content (AvgIpc) is 2.36. The summed E-state index contributed by atoms with van der Waals surface area (Å²) >= 11 is 0. The Morgan fingerprint density at radius 2 is 1.80 bits per heavy atom. The summed E-state index contributed by atoms with van der Waals surface area (Å²) in [6.07, 6.45) is 7.25. The van der Waals surface area contributed by atoms with E-state index in [1.165, 1.54) is 32.1 Å². The molecule has 10 heavy (non-hydrogen) atoms. The maximum Gasteiger partial charge on any atom is -0.0300 e. The molecule has 1 atom stereocenters. The molecule has 0 saturated heterocycles. The van der Waals surface area contributed by atoms with Gasteiger partial charge in [-0.15, -0.1) is 0 Å². The van der Waals surface area contributed by atoms with Gasteiger partial charge in [-0.1, -0.05) is 40.0 Å². The highest BCUT2D eigenvalue weighted by Gasteiger charge is 2.32. The van der Waals surface area contributed by atoms with Crippen LogP contribution in [0.15, 0.2) is 0 Å². The van der Waals surface area contributed by atoms with Crippen LogP contribution in [0.5, 0.6) is 0 Å². The second-order valence-corrected chi connectivity index (χ2v) is 4.17. The van der Waals surface area contributed by atoms with Crippen LogP contribution in [0.4, 0.5) is 0 Å². The van der Waals surface area contributed by atoms with Crippen LogP contribution in [0.1, 0.15) is 52.9 Å². The van der Waals surface area contributed by atoms with Gasteiger partial charge in [0.15, 0.2) is 0 Å². The van der Waals surface area contributed by atoms with E-state index in [0.717, 1.165) is 5.92 Å². The molecule has 0 bridgehead atoms. The first kappa shape index (κ1) is 8.10. The van der Waals surface area contributed by atoms with Crippen LogP contribution in [-0.2, 0) is 0 Å². The molecular weight excluding hydrogens is 120 g/mol. The van der Waals surface area contributed by atoms with Gasteiger partial charge in [-0.2, -0.15) is 0 Å². The number of rotatable bonds is 2. The molecule has 0 radical (unpaired) electrons. The molecular formula is C10H20. The lowest BCUT2D eigenvalue weighted by Crippen LogP contribution is -2.20. The quantitative estimate of drug-likeness (QED) is 0.549. The van der Waals surface area contributed by atoms with Crippen LogP contribution in [0.3, 0.4) is 0 Å². The van der Waals surface area contributed by atoms with Gasteiger partial charge in [-0.05, 0) is 24.2 Å². The monoisotopic (exact) mass is 140 g/mol. The summed E-state index contributed by atoms with van der Waals surface area (Å²) in [5.41, 5.74) is 0.703. The average molecular weight is 140 g/mol. The Labute approximate surface area is 65.0 Å². The molecule has 0 aromatic carbocycles. The number of hydrogen-bond donors (Lipinski definition) is 0. The fraction of sp³-hybridized carbons (Fsp3) is 1.00. The van der Waals surface area contributed by atoms with E-state index < -0.39 is 0 Å². The first-order valence-electron chi connectivity index (χ1n) is 4.69. The lowest BCUT2D eigenvalue weighted by atomic mass is 9.75. The first-order valence-corrected chi connectivity index (χ1v) is 4.69. The maximum atomic E-state index is 2.47. The SMILES string of the molecule is CC[C@H](C)C1(C)CCCC1. The Bertz CT molecular complexity index is 98.6. The summed E-state index contributed by atoms with van der Waals surface area (Å²) in [7, 11) is 0. The van der Waals surface area contributed by atoms with Crippen LogP contribution in [0.25, 0.3) is 0 Å². The van der Waals surface area contributed by atoms with Gasteiger partial charge in [-0.25, -0.2) is 0 Å². The molecule has 0 heteroatoms. The summed E-state index contributed by atoms with van der Waals surface area (Å²) in [6, 6.07) is 0. The van der Waals surface area contributed by atoms with Crippen molar-refractivity contribution in [1.82, 2.24) is 0 Å². The molecule has 1 aliphatic carbocycles. The zero-order valence-electron chi connectivity index (χ0n) is 7.61. The largest absolute Gasteiger partial charge is 0.0651 e. The molecule has 0 unspecified atom stereocenters. The van der Waals surface area contributed by atoms with Crippen molar-refractivity contribution in [3.05, 3.63) is 0 Å². The smallest absolute Gasteiger partial charge is 0.0300 e. The highest BCUT2D eigenvalue weighted by molar-refractivity contribution is 4.83. The Hall–Kier alpha value is 0. The molecule has 0 aromatic heterocycles. The van der Waals surface area contributed by atoms with Crippen LogP contribution in [0, 0.1) is 11.3 Å². The molecule has 0 N–H and O–H groups in total. The third kappa shape index (κ3) is 1.36. The summed E-state index contributed by atoms with van der Waals surface area (Å²) in [4.78, 5) is 0. The van der Waals surface area contributed by atoms with Crippen LogP contribution >= 0.6 is 0 Å². The van der Waals surface area contributed by atoms with Gasteiger partial charge in [0.05, 0.1) is 0 Å². The second kappa shape index (κ2) is 2.94. The topological polar surface area (TPSA) is 0 Å². The van der Waals surface area contributed by atoms with Gasteiger partial charge in [0.2, 0.25) is 0 Å². The molecule has 0 amide bonds. The molecule has 1 saturated carbocycles. The fourth-order valence-electron chi connectivity index (χ4n) is 2.17.